The first-order valence-corrected chi connectivity index (χ1v) is 10.4. The van der Waals surface area contributed by atoms with Gasteiger partial charge in [-0.25, -0.2) is 0 Å². The molecule has 160 valence electrons. The number of nitro groups is 1. The zero-order chi connectivity index (χ0) is 21.7. The Morgan fingerprint density at radius 1 is 1.23 bits per heavy atom. The molecule has 0 spiro atoms. The fourth-order valence-electron chi connectivity index (χ4n) is 3.09. The molecule has 1 aliphatic rings. The fraction of sp³-hybridized carbons (Fsp3) is 0.421. The van der Waals surface area contributed by atoms with E-state index >= 15 is 0 Å². The summed E-state index contributed by atoms with van der Waals surface area (Å²) >= 11 is 1.39. The van der Waals surface area contributed by atoms with Crippen LogP contribution < -0.4 is 4.74 Å². The van der Waals surface area contributed by atoms with Gasteiger partial charge < -0.3 is 19.1 Å². The summed E-state index contributed by atoms with van der Waals surface area (Å²) in [5.41, 5.74) is 1.30. The van der Waals surface area contributed by atoms with E-state index in [2.05, 4.69) is 5.16 Å². The quantitative estimate of drug-likeness (QED) is 0.480. The minimum absolute atomic E-state index is 0.0226. The molecule has 1 aromatic heterocycles. The molecule has 2 heterocycles. The Kier molecular flexibility index (Phi) is 6.93. The second-order valence-corrected chi connectivity index (χ2v) is 7.75. The molecule has 10 nitrogen and oxygen atoms in total. The van der Waals surface area contributed by atoms with Gasteiger partial charge in [-0.05, 0) is 18.6 Å². The average molecular weight is 434 g/mol. The molecular weight excluding hydrogens is 412 g/mol. The van der Waals surface area contributed by atoms with Crippen molar-refractivity contribution in [3.63, 3.8) is 0 Å². The summed E-state index contributed by atoms with van der Waals surface area (Å²) in [6.07, 6.45) is 0. The summed E-state index contributed by atoms with van der Waals surface area (Å²) in [5, 5.41) is 14.8. The number of hydrogen-bond acceptors (Lipinski definition) is 8. The van der Waals surface area contributed by atoms with Crippen LogP contribution in [0.15, 0.2) is 28.8 Å². The van der Waals surface area contributed by atoms with Crippen molar-refractivity contribution in [3.8, 4) is 5.75 Å². The molecule has 0 unspecified atom stereocenters. The van der Waals surface area contributed by atoms with Gasteiger partial charge in [0, 0.05) is 44.1 Å². The minimum atomic E-state index is -0.487. The van der Waals surface area contributed by atoms with Crippen LogP contribution in [0.1, 0.15) is 21.8 Å². The van der Waals surface area contributed by atoms with Gasteiger partial charge >= 0.3 is 5.69 Å². The Balaban J connectivity index is 1.46. The third kappa shape index (κ3) is 5.09. The average Bonchev–Trinajstić information content (AvgIpc) is 3.19. The van der Waals surface area contributed by atoms with Gasteiger partial charge in [0.1, 0.15) is 0 Å². The van der Waals surface area contributed by atoms with E-state index in [4.69, 9.17) is 9.26 Å². The van der Waals surface area contributed by atoms with Crippen LogP contribution in [0.2, 0.25) is 0 Å². The van der Waals surface area contributed by atoms with E-state index < -0.39 is 4.92 Å². The number of benzene rings is 1. The van der Waals surface area contributed by atoms with Crippen LogP contribution in [0.4, 0.5) is 5.69 Å². The summed E-state index contributed by atoms with van der Waals surface area (Å²) in [7, 11) is 1.38. The largest absolute Gasteiger partial charge is 0.490 e. The minimum Gasteiger partial charge on any atom is -0.490 e. The van der Waals surface area contributed by atoms with Gasteiger partial charge in [-0.15, -0.1) is 11.8 Å². The van der Waals surface area contributed by atoms with Crippen LogP contribution in [0, 0.1) is 17.0 Å². The van der Waals surface area contributed by atoms with Crippen molar-refractivity contribution >= 4 is 29.3 Å². The first-order chi connectivity index (χ1) is 14.4. The Hall–Kier alpha value is -3.08. The van der Waals surface area contributed by atoms with E-state index in [0.717, 1.165) is 5.56 Å². The highest BCUT2D eigenvalue weighted by molar-refractivity contribution is 7.99. The lowest BCUT2D eigenvalue weighted by molar-refractivity contribution is -0.385. The van der Waals surface area contributed by atoms with Crippen LogP contribution in [0.25, 0.3) is 0 Å². The first-order valence-electron chi connectivity index (χ1n) is 9.28. The zero-order valence-electron chi connectivity index (χ0n) is 16.7. The smallest absolute Gasteiger partial charge is 0.311 e. The number of carbonyl (C=O) groups excluding carboxylic acids is 2. The SMILES string of the molecule is COc1ccc(CSCC(=O)N2CCN(C(=O)c3cc(C)no3)CC2)cc1[N+](=O)[O-]. The number of rotatable bonds is 7. The monoisotopic (exact) mass is 434 g/mol. The number of nitrogens with zero attached hydrogens (tertiary/aromatic N) is 4. The van der Waals surface area contributed by atoms with Crippen molar-refractivity contribution in [2.45, 2.75) is 12.7 Å². The van der Waals surface area contributed by atoms with Crippen LogP contribution in [-0.2, 0) is 10.5 Å². The lowest BCUT2D eigenvalue weighted by Gasteiger charge is -2.34. The van der Waals surface area contributed by atoms with Crippen molar-refractivity contribution < 1.29 is 23.8 Å². The molecule has 0 saturated carbocycles. The van der Waals surface area contributed by atoms with E-state index in [1.54, 1.807) is 34.9 Å². The molecule has 0 N–H and O–H groups in total. The first kappa shape index (κ1) is 21.6. The maximum absolute atomic E-state index is 12.5. The molecule has 1 saturated heterocycles. The van der Waals surface area contributed by atoms with E-state index in [1.165, 1.54) is 24.9 Å². The standard InChI is InChI=1S/C19H22N4O6S/c1-13-9-17(29-20-13)19(25)22-7-5-21(6-8-22)18(24)12-30-11-14-3-4-16(28-2)15(10-14)23(26)27/h3-4,9-10H,5-8,11-12H2,1-2H3. The van der Waals surface area contributed by atoms with Crippen molar-refractivity contribution in [3.05, 3.63) is 51.4 Å². The number of methoxy groups -OCH3 is 1. The van der Waals surface area contributed by atoms with Crippen LogP contribution in [-0.4, -0.2) is 70.7 Å². The van der Waals surface area contributed by atoms with Crippen molar-refractivity contribution in [2.24, 2.45) is 0 Å². The molecular formula is C19H22N4O6S. The second kappa shape index (κ2) is 9.61. The van der Waals surface area contributed by atoms with Gasteiger partial charge in [0.15, 0.2) is 5.75 Å². The summed E-state index contributed by atoms with van der Waals surface area (Å²) in [4.78, 5) is 38.8. The number of ether oxygens (including phenoxy) is 1. The lowest BCUT2D eigenvalue weighted by Crippen LogP contribution is -2.51. The molecule has 11 heteroatoms. The summed E-state index contributed by atoms with van der Waals surface area (Å²) in [6.45, 7) is 3.51. The Labute approximate surface area is 177 Å². The molecule has 0 atom stereocenters. The normalized spacial score (nSPS) is 13.9. The van der Waals surface area contributed by atoms with E-state index in [1.807, 2.05) is 0 Å². The van der Waals surface area contributed by atoms with Gasteiger partial charge in [-0.1, -0.05) is 11.2 Å². The topological polar surface area (TPSA) is 119 Å². The number of aromatic nitrogens is 1. The molecule has 0 radical (unpaired) electrons. The maximum atomic E-state index is 12.5. The number of hydrogen-bond donors (Lipinski definition) is 0. The molecule has 1 aliphatic heterocycles. The third-order valence-corrected chi connectivity index (χ3v) is 5.68. The third-order valence-electron chi connectivity index (χ3n) is 4.69. The molecule has 0 bridgehead atoms. The molecule has 2 amide bonds. The number of aryl methyl sites for hydroxylation is 1. The van der Waals surface area contributed by atoms with E-state index in [9.17, 15) is 19.7 Å². The Bertz CT molecular complexity index is 939. The zero-order valence-corrected chi connectivity index (χ0v) is 17.5. The van der Waals surface area contributed by atoms with Crippen molar-refractivity contribution in [2.75, 3.05) is 39.0 Å². The van der Waals surface area contributed by atoms with Gasteiger partial charge in [-0.2, -0.15) is 0 Å². The molecule has 2 aromatic rings. The number of thioether (sulfide) groups is 1. The van der Waals surface area contributed by atoms with Crippen LogP contribution >= 0.6 is 11.8 Å². The summed E-state index contributed by atoms with van der Waals surface area (Å²) in [5.74, 6) is 0.896. The van der Waals surface area contributed by atoms with Gasteiger partial charge in [0.25, 0.3) is 5.91 Å². The highest BCUT2D eigenvalue weighted by Crippen LogP contribution is 2.29. The van der Waals surface area contributed by atoms with E-state index in [-0.39, 0.29) is 34.8 Å². The second-order valence-electron chi connectivity index (χ2n) is 6.76. The molecule has 1 fully saturated rings. The molecule has 1 aromatic carbocycles. The summed E-state index contributed by atoms with van der Waals surface area (Å²) in [6, 6.07) is 6.37. The Morgan fingerprint density at radius 2 is 1.93 bits per heavy atom. The molecule has 30 heavy (non-hydrogen) atoms. The predicted octanol–water partition coefficient (Wildman–Crippen LogP) is 2.12. The lowest BCUT2D eigenvalue weighted by atomic mass is 10.2. The Morgan fingerprint density at radius 3 is 2.53 bits per heavy atom. The van der Waals surface area contributed by atoms with E-state index in [0.29, 0.717) is 37.6 Å². The molecule has 3 rings (SSSR count). The van der Waals surface area contributed by atoms with Crippen molar-refractivity contribution in [1.82, 2.24) is 15.0 Å². The van der Waals surface area contributed by atoms with Crippen LogP contribution in [0.5, 0.6) is 5.75 Å². The number of piperazine rings is 1. The number of carbonyl (C=O) groups is 2. The highest BCUT2D eigenvalue weighted by atomic mass is 32.2. The van der Waals surface area contributed by atoms with Crippen LogP contribution in [0.3, 0.4) is 0 Å². The van der Waals surface area contributed by atoms with Crippen molar-refractivity contribution in [1.29, 1.82) is 0 Å². The van der Waals surface area contributed by atoms with Gasteiger partial charge in [0.2, 0.25) is 11.7 Å². The molecule has 0 aliphatic carbocycles. The highest BCUT2D eigenvalue weighted by Gasteiger charge is 2.26. The fourth-order valence-corrected chi connectivity index (χ4v) is 3.97. The number of nitro benzene ring substituents is 1. The predicted molar refractivity (Wildman–Crippen MR) is 110 cm³/mol. The van der Waals surface area contributed by atoms with Gasteiger partial charge in [0.05, 0.1) is 23.5 Å². The summed E-state index contributed by atoms with van der Waals surface area (Å²) < 4.78 is 10.0. The maximum Gasteiger partial charge on any atom is 0.311 e. The van der Waals surface area contributed by atoms with Gasteiger partial charge in [-0.3, -0.25) is 19.7 Å². The number of amides is 2.